The van der Waals surface area contributed by atoms with Gasteiger partial charge in [-0.1, -0.05) is 25.6 Å². The zero-order chi connectivity index (χ0) is 6.41. The van der Waals surface area contributed by atoms with E-state index in [-0.39, 0.29) is 8.80 Å². The molecule has 0 spiro atoms. The van der Waals surface area contributed by atoms with Crippen molar-refractivity contribution in [3.05, 3.63) is 0 Å². The van der Waals surface area contributed by atoms with Crippen LogP contribution in [0.4, 0.5) is 0 Å². The number of alkyl halides is 1. The van der Waals surface area contributed by atoms with Gasteiger partial charge in [0.05, 0.1) is 0 Å². The molecular formula is C6H14ClSi. The molecule has 0 heterocycles. The van der Waals surface area contributed by atoms with Crippen LogP contribution in [0.1, 0.15) is 12.8 Å². The summed E-state index contributed by atoms with van der Waals surface area (Å²) >= 11 is 5.50. The summed E-state index contributed by atoms with van der Waals surface area (Å²) in [6, 6.07) is 1.43. The first-order valence-corrected chi connectivity index (χ1v) is 6.36. The van der Waals surface area contributed by atoms with Crippen LogP contribution in [0.2, 0.25) is 19.1 Å². The maximum Gasteiger partial charge on any atom is 0.0412 e. The van der Waals surface area contributed by atoms with Gasteiger partial charge in [0.25, 0.3) is 0 Å². The number of unbranched alkanes of at least 4 members (excludes halogenated alkanes) is 1. The van der Waals surface area contributed by atoms with Crippen LogP contribution in [0.25, 0.3) is 0 Å². The van der Waals surface area contributed by atoms with Crippen molar-refractivity contribution >= 4 is 20.4 Å². The summed E-state index contributed by atoms with van der Waals surface area (Å²) in [5.41, 5.74) is 0. The van der Waals surface area contributed by atoms with Crippen molar-refractivity contribution in [2.45, 2.75) is 32.0 Å². The van der Waals surface area contributed by atoms with E-state index in [9.17, 15) is 0 Å². The second kappa shape index (κ2) is 5.64. The molecule has 0 N–H and O–H groups in total. The third-order valence-electron chi connectivity index (χ3n) is 1.06. The van der Waals surface area contributed by atoms with Crippen LogP contribution in [-0.4, -0.2) is 14.7 Å². The predicted molar refractivity (Wildman–Crippen MR) is 42.2 cm³/mol. The summed E-state index contributed by atoms with van der Waals surface area (Å²) in [5.74, 6) is 0.842. The molecular weight excluding hydrogens is 136 g/mol. The normalized spacial score (nSPS) is 10.5. The van der Waals surface area contributed by atoms with Gasteiger partial charge >= 0.3 is 0 Å². The SMILES string of the molecule is C[Si](C)CCCCCl. The smallest absolute Gasteiger partial charge is 0.0412 e. The highest BCUT2D eigenvalue weighted by atomic mass is 35.5. The quantitative estimate of drug-likeness (QED) is 0.328. The lowest BCUT2D eigenvalue weighted by Crippen LogP contribution is -1.97. The molecule has 0 aromatic heterocycles. The standard InChI is InChI=1S/C6H14ClSi/c1-8(2)6-4-3-5-7/h3-6H2,1-2H3. The Labute approximate surface area is 58.8 Å². The molecule has 0 aliphatic rings. The fraction of sp³-hybridized carbons (Fsp3) is 1.00. The molecule has 49 valence electrons. The highest BCUT2D eigenvalue weighted by Gasteiger charge is 1.93. The number of hydrogen-bond acceptors (Lipinski definition) is 0. The van der Waals surface area contributed by atoms with Gasteiger partial charge in [0.1, 0.15) is 0 Å². The van der Waals surface area contributed by atoms with E-state index >= 15 is 0 Å². The summed E-state index contributed by atoms with van der Waals surface area (Å²) < 4.78 is 0. The first kappa shape index (κ1) is 8.51. The van der Waals surface area contributed by atoms with Crippen LogP contribution in [0.3, 0.4) is 0 Å². The van der Waals surface area contributed by atoms with Gasteiger partial charge in [-0.3, -0.25) is 0 Å². The van der Waals surface area contributed by atoms with Crippen LogP contribution in [0.5, 0.6) is 0 Å². The molecule has 0 bridgehead atoms. The van der Waals surface area contributed by atoms with E-state index in [1.54, 1.807) is 0 Å². The summed E-state index contributed by atoms with van der Waals surface area (Å²) in [7, 11) is 0.0343. The number of hydrogen-bond donors (Lipinski definition) is 0. The average molecular weight is 150 g/mol. The Morgan fingerprint density at radius 3 is 2.25 bits per heavy atom. The third-order valence-corrected chi connectivity index (χ3v) is 2.68. The van der Waals surface area contributed by atoms with Crippen LogP contribution in [0, 0.1) is 0 Å². The minimum Gasteiger partial charge on any atom is -0.127 e. The number of halogens is 1. The Bertz CT molecular complexity index is 45.8. The highest BCUT2D eigenvalue weighted by molar-refractivity contribution is 6.55. The first-order valence-electron chi connectivity index (χ1n) is 3.12. The lowest BCUT2D eigenvalue weighted by molar-refractivity contribution is 0.881. The van der Waals surface area contributed by atoms with E-state index < -0.39 is 0 Å². The lowest BCUT2D eigenvalue weighted by Gasteiger charge is -1.98. The van der Waals surface area contributed by atoms with Crippen molar-refractivity contribution in [1.29, 1.82) is 0 Å². The first-order chi connectivity index (χ1) is 3.77. The van der Waals surface area contributed by atoms with Crippen LogP contribution < -0.4 is 0 Å². The Morgan fingerprint density at radius 2 is 1.88 bits per heavy atom. The molecule has 0 fully saturated rings. The third kappa shape index (κ3) is 6.51. The minimum absolute atomic E-state index is 0.0343. The molecule has 0 aliphatic carbocycles. The van der Waals surface area contributed by atoms with Crippen molar-refractivity contribution in [2.24, 2.45) is 0 Å². The van der Waals surface area contributed by atoms with Crippen LogP contribution >= 0.6 is 11.6 Å². The molecule has 1 radical (unpaired) electrons. The zero-order valence-electron chi connectivity index (χ0n) is 5.71. The van der Waals surface area contributed by atoms with Crippen LogP contribution in [-0.2, 0) is 0 Å². The van der Waals surface area contributed by atoms with Gasteiger partial charge in [-0.25, -0.2) is 0 Å². The van der Waals surface area contributed by atoms with Crippen LogP contribution in [0.15, 0.2) is 0 Å². The van der Waals surface area contributed by atoms with Crippen molar-refractivity contribution in [3.63, 3.8) is 0 Å². The van der Waals surface area contributed by atoms with E-state index in [2.05, 4.69) is 13.1 Å². The molecule has 8 heavy (non-hydrogen) atoms. The molecule has 0 nitrogen and oxygen atoms in total. The monoisotopic (exact) mass is 149 g/mol. The molecule has 0 saturated heterocycles. The number of rotatable bonds is 4. The summed E-state index contributed by atoms with van der Waals surface area (Å²) in [6.07, 6.45) is 2.54. The van der Waals surface area contributed by atoms with Gasteiger partial charge in [-0.2, -0.15) is 0 Å². The molecule has 0 unspecified atom stereocenters. The van der Waals surface area contributed by atoms with Crippen molar-refractivity contribution < 1.29 is 0 Å². The maximum atomic E-state index is 5.50. The molecule has 0 aromatic rings. The molecule has 2 heteroatoms. The Balaban J connectivity index is 2.72. The van der Waals surface area contributed by atoms with Gasteiger partial charge in [0.15, 0.2) is 0 Å². The Hall–Kier alpha value is 0.507. The fourth-order valence-corrected chi connectivity index (χ4v) is 1.72. The van der Waals surface area contributed by atoms with E-state index in [1.165, 1.54) is 18.9 Å². The molecule has 0 rings (SSSR count). The van der Waals surface area contributed by atoms with Gasteiger partial charge in [-0.15, -0.1) is 11.6 Å². The molecule has 0 aliphatic heterocycles. The van der Waals surface area contributed by atoms with E-state index in [0.717, 1.165) is 5.88 Å². The van der Waals surface area contributed by atoms with Gasteiger partial charge in [0.2, 0.25) is 0 Å². The van der Waals surface area contributed by atoms with E-state index in [1.807, 2.05) is 0 Å². The second-order valence-electron chi connectivity index (χ2n) is 2.35. The molecule has 0 saturated carbocycles. The zero-order valence-corrected chi connectivity index (χ0v) is 7.46. The average Bonchev–Trinajstić information content (AvgIpc) is 1.66. The molecule has 0 amide bonds. The topological polar surface area (TPSA) is 0 Å². The fourth-order valence-electron chi connectivity index (χ4n) is 0.573. The molecule has 0 atom stereocenters. The van der Waals surface area contributed by atoms with Gasteiger partial charge in [-0.05, 0) is 6.42 Å². The summed E-state index contributed by atoms with van der Waals surface area (Å²) in [4.78, 5) is 0. The minimum atomic E-state index is 0.0343. The van der Waals surface area contributed by atoms with Gasteiger partial charge in [0, 0.05) is 14.7 Å². The van der Waals surface area contributed by atoms with Crippen molar-refractivity contribution in [3.8, 4) is 0 Å². The predicted octanol–water partition coefficient (Wildman–Crippen LogP) is 2.76. The lowest BCUT2D eigenvalue weighted by atomic mass is 10.4. The summed E-state index contributed by atoms with van der Waals surface area (Å²) in [6.45, 7) is 4.69. The van der Waals surface area contributed by atoms with Crippen molar-refractivity contribution in [1.82, 2.24) is 0 Å². The summed E-state index contributed by atoms with van der Waals surface area (Å²) in [5, 5.41) is 0. The maximum absolute atomic E-state index is 5.50. The molecule has 0 aromatic carbocycles. The van der Waals surface area contributed by atoms with Crippen molar-refractivity contribution in [2.75, 3.05) is 5.88 Å². The van der Waals surface area contributed by atoms with E-state index in [0.29, 0.717) is 0 Å². The Morgan fingerprint density at radius 1 is 1.25 bits per heavy atom. The highest BCUT2D eigenvalue weighted by Crippen LogP contribution is 2.01. The largest absolute Gasteiger partial charge is 0.127 e. The second-order valence-corrected chi connectivity index (χ2v) is 5.65. The van der Waals surface area contributed by atoms with E-state index in [4.69, 9.17) is 11.6 Å². The Kier molecular flexibility index (Phi) is 6.00. The van der Waals surface area contributed by atoms with Gasteiger partial charge < -0.3 is 0 Å².